The van der Waals surface area contributed by atoms with Gasteiger partial charge in [0, 0.05) is 31.7 Å². The van der Waals surface area contributed by atoms with Crippen LogP contribution in [0.5, 0.6) is 0 Å². The highest BCUT2D eigenvalue weighted by atomic mass is 19.1. The van der Waals surface area contributed by atoms with E-state index in [1.54, 1.807) is 17.0 Å². The molecule has 1 aromatic carbocycles. The Bertz CT molecular complexity index is 736. The SMILES string of the molecule is O=C(c1cccc(F)c1)N1CCN(Cc2nnnn2C2CC2)CC1. The Labute approximate surface area is 139 Å². The van der Waals surface area contributed by atoms with Crippen molar-refractivity contribution in [1.29, 1.82) is 0 Å². The van der Waals surface area contributed by atoms with Crippen LogP contribution in [0.3, 0.4) is 0 Å². The van der Waals surface area contributed by atoms with Gasteiger partial charge in [0.25, 0.3) is 5.91 Å². The van der Waals surface area contributed by atoms with Gasteiger partial charge in [-0.05, 0) is 41.5 Å². The van der Waals surface area contributed by atoms with Gasteiger partial charge in [-0.15, -0.1) is 5.10 Å². The third-order valence-electron chi connectivity index (χ3n) is 4.55. The van der Waals surface area contributed by atoms with Gasteiger partial charge in [-0.2, -0.15) is 0 Å². The minimum absolute atomic E-state index is 0.114. The van der Waals surface area contributed by atoms with E-state index in [1.165, 1.54) is 12.1 Å². The van der Waals surface area contributed by atoms with E-state index in [-0.39, 0.29) is 11.7 Å². The average Bonchev–Trinajstić information content (AvgIpc) is 3.34. The predicted octanol–water partition coefficient (Wildman–Crippen LogP) is 1.11. The number of aromatic nitrogens is 4. The zero-order valence-corrected chi connectivity index (χ0v) is 13.3. The molecule has 1 amide bonds. The highest BCUT2D eigenvalue weighted by Crippen LogP contribution is 2.34. The summed E-state index contributed by atoms with van der Waals surface area (Å²) in [6.07, 6.45) is 2.29. The quantitative estimate of drug-likeness (QED) is 0.840. The van der Waals surface area contributed by atoms with E-state index in [2.05, 4.69) is 20.4 Å². The fourth-order valence-electron chi connectivity index (χ4n) is 3.03. The number of halogens is 1. The fraction of sp³-hybridized carbons (Fsp3) is 0.500. The number of amides is 1. The largest absolute Gasteiger partial charge is 0.336 e. The van der Waals surface area contributed by atoms with E-state index in [4.69, 9.17) is 0 Å². The van der Waals surface area contributed by atoms with E-state index < -0.39 is 0 Å². The number of nitrogens with zero attached hydrogens (tertiary/aromatic N) is 6. The summed E-state index contributed by atoms with van der Waals surface area (Å²) in [6, 6.07) is 6.32. The molecule has 4 rings (SSSR count). The van der Waals surface area contributed by atoms with Gasteiger partial charge >= 0.3 is 0 Å². The Hall–Kier alpha value is -2.35. The maximum absolute atomic E-state index is 13.3. The van der Waals surface area contributed by atoms with Crippen LogP contribution < -0.4 is 0 Å². The Balaban J connectivity index is 1.34. The molecule has 126 valence electrons. The molecule has 1 aromatic heterocycles. The molecule has 2 aliphatic rings. The lowest BCUT2D eigenvalue weighted by Crippen LogP contribution is -2.48. The monoisotopic (exact) mass is 330 g/mol. The summed E-state index contributed by atoms with van der Waals surface area (Å²) >= 11 is 0. The lowest BCUT2D eigenvalue weighted by atomic mass is 10.1. The van der Waals surface area contributed by atoms with Crippen LogP contribution >= 0.6 is 0 Å². The summed E-state index contributed by atoms with van der Waals surface area (Å²) in [6.45, 7) is 3.48. The maximum atomic E-state index is 13.3. The van der Waals surface area contributed by atoms with Crippen LogP contribution in [0.4, 0.5) is 4.39 Å². The van der Waals surface area contributed by atoms with Crippen molar-refractivity contribution in [3.63, 3.8) is 0 Å². The number of rotatable bonds is 4. The topological polar surface area (TPSA) is 67.2 Å². The second kappa shape index (κ2) is 6.27. The molecule has 8 heteroatoms. The number of hydrogen-bond acceptors (Lipinski definition) is 5. The van der Waals surface area contributed by atoms with Crippen molar-refractivity contribution in [2.75, 3.05) is 26.2 Å². The van der Waals surface area contributed by atoms with Gasteiger partial charge in [0.05, 0.1) is 12.6 Å². The minimum atomic E-state index is -0.383. The molecule has 0 bridgehead atoms. The molecule has 24 heavy (non-hydrogen) atoms. The second-order valence-electron chi connectivity index (χ2n) is 6.35. The molecule has 1 aliphatic heterocycles. The van der Waals surface area contributed by atoms with Crippen LogP contribution in [-0.4, -0.2) is 62.1 Å². The summed E-state index contributed by atoms with van der Waals surface area (Å²) in [4.78, 5) is 16.5. The molecular formula is C16H19FN6O. The molecule has 0 radical (unpaired) electrons. The van der Waals surface area contributed by atoms with Gasteiger partial charge in [0.2, 0.25) is 0 Å². The van der Waals surface area contributed by atoms with E-state index in [0.717, 1.165) is 31.8 Å². The number of piperazine rings is 1. The molecule has 0 N–H and O–H groups in total. The Morgan fingerprint density at radius 1 is 1.21 bits per heavy atom. The van der Waals surface area contributed by atoms with Crippen molar-refractivity contribution >= 4 is 5.91 Å². The molecule has 1 saturated heterocycles. The van der Waals surface area contributed by atoms with Crippen molar-refractivity contribution in [1.82, 2.24) is 30.0 Å². The molecule has 2 heterocycles. The van der Waals surface area contributed by atoms with Gasteiger partial charge < -0.3 is 4.90 Å². The zero-order valence-electron chi connectivity index (χ0n) is 13.3. The molecule has 2 aromatic rings. The second-order valence-corrected chi connectivity index (χ2v) is 6.35. The van der Waals surface area contributed by atoms with E-state index in [1.807, 2.05) is 4.68 Å². The van der Waals surface area contributed by atoms with Crippen molar-refractivity contribution < 1.29 is 9.18 Å². The van der Waals surface area contributed by atoms with E-state index in [9.17, 15) is 9.18 Å². The fourth-order valence-corrected chi connectivity index (χ4v) is 3.03. The Kier molecular flexibility index (Phi) is 3.97. The van der Waals surface area contributed by atoms with Crippen LogP contribution in [0, 0.1) is 5.82 Å². The van der Waals surface area contributed by atoms with Crippen molar-refractivity contribution in [2.24, 2.45) is 0 Å². The molecule has 0 spiro atoms. The standard InChI is InChI=1S/C16H19FN6O/c17-13-3-1-2-12(10-13)16(24)22-8-6-21(7-9-22)11-15-18-19-20-23(15)14-4-5-14/h1-3,10,14H,4-9,11H2. The van der Waals surface area contributed by atoms with Crippen LogP contribution in [0.2, 0.25) is 0 Å². The predicted molar refractivity (Wildman–Crippen MR) is 83.7 cm³/mol. The first kappa shape index (κ1) is 15.2. The van der Waals surface area contributed by atoms with Crippen molar-refractivity contribution in [3.05, 3.63) is 41.5 Å². The number of hydrogen-bond donors (Lipinski definition) is 0. The third-order valence-corrected chi connectivity index (χ3v) is 4.55. The van der Waals surface area contributed by atoms with Crippen LogP contribution in [0.15, 0.2) is 24.3 Å². The van der Waals surface area contributed by atoms with E-state index >= 15 is 0 Å². The van der Waals surface area contributed by atoms with Gasteiger partial charge in [0.1, 0.15) is 5.82 Å². The molecule has 1 aliphatic carbocycles. The summed E-state index contributed by atoms with van der Waals surface area (Å²) in [5.41, 5.74) is 0.404. The molecule has 7 nitrogen and oxygen atoms in total. The first-order chi connectivity index (χ1) is 11.7. The summed E-state index contributed by atoms with van der Waals surface area (Å²) in [5, 5.41) is 12.0. The number of carbonyl (C=O) groups is 1. The molecular weight excluding hydrogens is 311 g/mol. The van der Waals surface area contributed by atoms with Crippen LogP contribution in [0.1, 0.15) is 35.1 Å². The maximum Gasteiger partial charge on any atom is 0.254 e. The summed E-state index contributed by atoms with van der Waals surface area (Å²) < 4.78 is 15.2. The normalized spacial score (nSPS) is 18.8. The number of benzene rings is 1. The van der Waals surface area contributed by atoms with E-state index in [0.29, 0.717) is 31.2 Å². The average molecular weight is 330 g/mol. The molecule has 1 saturated carbocycles. The smallest absolute Gasteiger partial charge is 0.254 e. The van der Waals surface area contributed by atoms with Crippen molar-refractivity contribution in [3.8, 4) is 0 Å². The lowest BCUT2D eigenvalue weighted by molar-refractivity contribution is 0.0623. The van der Waals surface area contributed by atoms with Gasteiger partial charge in [0.15, 0.2) is 5.82 Å². The van der Waals surface area contributed by atoms with Gasteiger partial charge in [-0.1, -0.05) is 6.07 Å². The molecule has 0 unspecified atom stereocenters. The van der Waals surface area contributed by atoms with Crippen molar-refractivity contribution in [2.45, 2.75) is 25.4 Å². The Morgan fingerprint density at radius 2 is 2.00 bits per heavy atom. The Morgan fingerprint density at radius 3 is 2.71 bits per heavy atom. The summed E-state index contributed by atoms with van der Waals surface area (Å²) in [7, 11) is 0. The summed E-state index contributed by atoms with van der Waals surface area (Å²) in [5.74, 6) is 0.394. The lowest BCUT2D eigenvalue weighted by Gasteiger charge is -2.34. The van der Waals surface area contributed by atoms with Crippen LogP contribution in [-0.2, 0) is 6.54 Å². The first-order valence-electron chi connectivity index (χ1n) is 8.24. The molecule has 0 atom stereocenters. The van der Waals surface area contributed by atoms with Crippen LogP contribution in [0.25, 0.3) is 0 Å². The number of tetrazole rings is 1. The highest BCUT2D eigenvalue weighted by molar-refractivity contribution is 5.94. The highest BCUT2D eigenvalue weighted by Gasteiger charge is 2.29. The number of carbonyl (C=O) groups excluding carboxylic acids is 1. The third kappa shape index (κ3) is 3.14. The minimum Gasteiger partial charge on any atom is -0.336 e. The first-order valence-corrected chi connectivity index (χ1v) is 8.24. The zero-order chi connectivity index (χ0) is 16.5. The van der Waals surface area contributed by atoms with Gasteiger partial charge in [-0.25, -0.2) is 9.07 Å². The molecule has 2 fully saturated rings. The van der Waals surface area contributed by atoms with Gasteiger partial charge in [-0.3, -0.25) is 9.69 Å².